The first-order valence-corrected chi connectivity index (χ1v) is 2.67. The van der Waals surface area contributed by atoms with Gasteiger partial charge in [-0.3, -0.25) is 4.79 Å². The molecule has 0 aromatic heterocycles. The van der Waals surface area contributed by atoms with Gasteiger partial charge in [0.15, 0.2) is 0 Å². The summed E-state index contributed by atoms with van der Waals surface area (Å²) in [6, 6.07) is 0. The number of carbonyl (C=O) groups excluding carboxylic acids is 1. The molecule has 2 unspecified atom stereocenters. The highest BCUT2D eigenvalue weighted by atomic mass is 16.1. The van der Waals surface area contributed by atoms with E-state index in [1.807, 2.05) is 0 Å². The molecule has 1 rings (SSSR count). The van der Waals surface area contributed by atoms with E-state index in [9.17, 15) is 4.79 Å². The lowest BCUT2D eigenvalue weighted by Gasteiger charge is -1.82. The van der Waals surface area contributed by atoms with Crippen LogP contribution in [0.1, 0.15) is 6.42 Å². The highest BCUT2D eigenvalue weighted by Gasteiger charge is 2.38. The lowest BCUT2D eigenvalue weighted by Crippen LogP contribution is -2.13. The number of nitrogens with two attached hydrogens (primary N) is 1. The molecule has 1 fully saturated rings. The largest absolute Gasteiger partial charge is 0.369 e. The Morgan fingerprint density at radius 1 is 1.88 bits per heavy atom. The Hall–Kier alpha value is -0.790. The van der Waals surface area contributed by atoms with Crippen molar-refractivity contribution in [3.05, 3.63) is 12.7 Å². The van der Waals surface area contributed by atoms with Crippen LogP contribution in [0.5, 0.6) is 0 Å². The Balaban J connectivity index is 2.36. The third-order valence-electron chi connectivity index (χ3n) is 1.51. The molecule has 1 aliphatic carbocycles. The lowest BCUT2D eigenvalue weighted by molar-refractivity contribution is -0.119. The Morgan fingerprint density at radius 3 is 2.62 bits per heavy atom. The van der Waals surface area contributed by atoms with Gasteiger partial charge in [-0.15, -0.1) is 6.58 Å². The van der Waals surface area contributed by atoms with E-state index in [0.717, 1.165) is 6.42 Å². The third-order valence-corrected chi connectivity index (χ3v) is 1.51. The molecule has 1 saturated carbocycles. The van der Waals surface area contributed by atoms with Crippen molar-refractivity contribution in [2.24, 2.45) is 17.6 Å². The number of amides is 1. The topological polar surface area (TPSA) is 43.1 Å². The Labute approximate surface area is 48.4 Å². The molecule has 0 saturated heterocycles. The molecule has 1 amide bonds. The Bertz CT molecular complexity index is 130. The predicted octanol–water partition coefficient (Wildman–Crippen LogP) is 0.294. The molecule has 44 valence electrons. The molecule has 0 heterocycles. The van der Waals surface area contributed by atoms with Gasteiger partial charge in [-0.2, -0.15) is 0 Å². The molecule has 0 aromatic carbocycles. The first-order valence-electron chi connectivity index (χ1n) is 2.67. The van der Waals surface area contributed by atoms with Crippen LogP contribution in [0, 0.1) is 11.8 Å². The van der Waals surface area contributed by atoms with Crippen molar-refractivity contribution in [1.82, 2.24) is 0 Å². The molecule has 2 atom stereocenters. The van der Waals surface area contributed by atoms with E-state index in [2.05, 4.69) is 6.58 Å². The summed E-state index contributed by atoms with van der Waals surface area (Å²) in [5, 5.41) is 0. The van der Waals surface area contributed by atoms with Crippen molar-refractivity contribution in [3.63, 3.8) is 0 Å². The van der Waals surface area contributed by atoms with E-state index < -0.39 is 0 Å². The van der Waals surface area contributed by atoms with Crippen LogP contribution >= 0.6 is 0 Å². The third kappa shape index (κ3) is 0.735. The first kappa shape index (κ1) is 5.35. The number of hydrogen-bond donors (Lipinski definition) is 1. The molecule has 0 bridgehead atoms. The Morgan fingerprint density at radius 2 is 2.50 bits per heavy atom. The van der Waals surface area contributed by atoms with Crippen LogP contribution in [0.2, 0.25) is 0 Å². The summed E-state index contributed by atoms with van der Waals surface area (Å²) in [6.07, 6.45) is 2.70. The maximum Gasteiger partial charge on any atom is 0.221 e. The van der Waals surface area contributed by atoms with Crippen LogP contribution in [0.4, 0.5) is 0 Å². The van der Waals surface area contributed by atoms with E-state index in [1.54, 1.807) is 6.08 Å². The average Bonchev–Trinajstić information content (AvgIpc) is 2.42. The minimum Gasteiger partial charge on any atom is -0.369 e. The fourth-order valence-electron chi connectivity index (χ4n) is 0.802. The van der Waals surface area contributed by atoms with E-state index in [1.165, 1.54) is 0 Å². The van der Waals surface area contributed by atoms with E-state index in [4.69, 9.17) is 5.73 Å². The van der Waals surface area contributed by atoms with E-state index in [-0.39, 0.29) is 11.8 Å². The minimum atomic E-state index is -0.185. The molecule has 2 nitrogen and oxygen atoms in total. The van der Waals surface area contributed by atoms with Crippen LogP contribution in [-0.2, 0) is 4.79 Å². The fraction of sp³-hybridized carbons (Fsp3) is 0.500. The monoisotopic (exact) mass is 111 g/mol. The van der Waals surface area contributed by atoms with Crippen LogP contribution in [0.25, 0.3) is 0 Å². The van der Waals surface area contributed by atoms with Crippen molar-refractivity contribution in [2.75, 3.05) is 0 Å². The second-order valence-electron chi connectivity index (χ2n) is 2.14. The summed E-state index contributed by atoms with van der Waals surface area (Å²) in [5.74, 6) is 0.301. The molecule has 2 heteroatoms. The lowest BCUT2D eigenvalue weighted by atomic mass is 10.3. The summed E-state index contributed by atoms with van der Waals surface area (Å²) in [4.78, 5) is 10.3. The molecule has 8 heavy (non-hydrogen) atoms. The molecule has 0 spiro atoms. The highest BCUT2D eigenvalue weighted by Crippen LogP contribution is 2.38. The summed E-state index contributed by atoms with van der Waals surface area (Å²) in [6.45, 7) is 3.55. The summed E-state index contributed by atoms with van der Waals surface area (Å²) in [7, 11) is 0. The summed E-state index contributed by atoms with van der Waals surface area (Å²) >= 11 is 0. The van der Waals surface area contributed by atoms with Crippen molar-refractivity contribution in [1.29, 1.82) is 0 Å². The van der Waals surface area contributed by atoms with Gasteiger partial charge < -0.3 is 5.73 Å². The van der Waals surface area contributed by atoms with E-state index >= 15 is 0 Å². The summed E-state index contributed by atoms with van der Waals surface area (Å²) in [5.41, 5.74) is 4.98. The van der Waals surface area contributed by atoms with Gasteiger partial charge >= 0.3 is 0 Å². The maximum atomic E-state index is 10.3. The van der Waals surface area contributed by atoms with Crippen molar-refractivity contribution in [3.8, 4) is 0 Å². The van der Waals surface area contributed by atoms with Gasteiger partial charge in [0.25, 0.3) is 0 Å². The van der Waals surface area contributed by atoms with Gasteiger partial charge in [-0.05, 0) is 12.3 Å². The quantitative estimate of drug-likeness (QED) is 0.511. The molecular formula is C6H9NO. The molecule has 0 aliphatic heterocycles. The first-order chi connectivity index (χ1) is 3.75. The van der Waals surface area contributed by atoms with E-state index in [0.29, 0.717) is 5.92 Å². The smallest absolute Gasteiger partial charge is 0.221 e. The van der Waals surface area contributed by atoms with Crippen molar-refractivity contribution < 1.29 is 4.79 Å². The number of rotatable bonds is 2. The molecular weight excluding hydrogens is 102 g/mol. The SMILES string of the molecule is C=CC1CC1C(N)=O. The van der Waals surface area contributed by atoms with Gasteiger partial charge in [0, 0.05) is 5.92 Å². The second-order valence-corrected chi connectivity index (χ2v) is 2.14. The van der Waals surface area contributed by atoms with Crippen molar-refractivity contribution in [2.45, 2.75) is 6.42 Å². The van der Waals surface area contributed by atoms with Gasteiger partial charge in [0.2, 0.25) is 5.91 Å². The number of primary amides is 1. The number of carbonyl (C=O) groups is 1. The predicted molar refractivity (Wildman–Crippen MR) is 31.0 cm³/mol. The van der Waals surface area contributed by atoms with Gasteiger partial charge in [0.05, 0.1) is 0 Å². The summed E-state index contributed by atoms with van der Waals surface area (Å²) < 4.78 is 0. The van der Waals surface area contributed by atoms with Gasteiger partial charge in [0.1, 0.15) is 0 Å². The molecule has 1 aliphatic rings. The van der Waals surface area contributed by atoms with Crippen LogP contribution in [0.3, 0.4) is 0 Å². The average molecular weight is 111 g/mol. The van der Waals surface area contributed by atoms with Gasteiger partial charge in [-0.1, -0.05) is 6.08 Å². The second kappa shape index (κ2) is 1.62. The molecule has 2 N–H and O–H groups in total. The van der Waals surface area contributed by atoms with Crippen LogP contribution in [0.15, 0.2) is 12.7 Å². The highest BCUT2D eigenvalue weighted by molar-refractivity contribution is 5.80. The fourth-order valence-corrected chi connectivity index (χ4v) is 0.802. The zero-order chi connectivity index (χ0) is 6.15. The Kier molecular flexibility index (Phi) is 1.08. The number of hydrogen-bond acceptors (Lipinski definition) is 1. The minimum absolute atomic E-state index is 0.104. The standard InChI is InChI=1S/C6H9NO/c1-2-4-3-5(4)6(7)8/h2,4-5H,1,3H2,(H2,7,8). The molecule has 0 radical (unpaired) electrons. The zero-order valence-corrected chi connectivity index (χ0v) is 4.63. The maximum absolute atomic E-state index is 10.3. The molecule has 0 aromatic rings. The zero-order valence-electron chi connectivity index (χ0n) is 4.63. The normalized spacial score (nSPS) is 34.0. The van der Waals surface area contributed by atoms with Crippen LogP contribution < -0.4 is 5.73 Å². The van der Waals surface area contributed by atoms with Crippen molar-refractivity contribution >= 4 is 5.91 Å². The van der Waals surface area contributed by atoms with Gasteiger partial charge in [-0.25, -0.2) is 0 Å². The number of allylic oxidation sites excluding steroid dienone is 1. The van der Waals surface area contributed by atoms with Crippen LogP contribution in [-0.4, -0.2) is 5.91 Å².